The van der Waals surface area contributed by atoms with E-state index in [2.05, 4.69) is 18.3 Å². The summed E-state index contributed by atoms with van der Waals surface area (Å²) >= 11 is 1.82. The van der Waals surface area contributed by atoms with Crippen molar-refractivity contribution < 1.29 is 4.79 Å². The largest absolute Gasteiger partial charge is 0.309 e. The van der Waals surface area contributed by atoms with Crippen molar-refractivity contribution in [2.75, 3.05) is 30.3 Å². The number of benzene rings is 1. The molecule has 2 rings (SSSR count). The number of carbonyl (C=O) groups excluding carboxylic acids is 1. The summed E-state index contributed by atoms with van der Waals surface area (Å²) in [6.07, 6.45) is 1.06. The quantitative estimate of drug-likeness (QED) is 0.831. The van der Waals surface area contributed by atoms with Crippen LogP contribution in [0.2, 0.25) is 0 Å². The zero-order valence-electron chi connectivity index (χ0n) is 10.1. The molecule has 0 aliphatic carbocycles. The van der Waals surface area contributed by atoms with Crippen LogP contribution in [0.25, 0.3) is 0 Å². The Bertz CT molecular complexity index is 395. The number of thioether (sulfide) groups is 1. The molecular weight excluding hydrogens is 232 g/mol. The molecular formula is C13H18N2OS. The molecule has 1 amide bonds. The molecule has 0 fully saturated rings. The van der Waals surface area contributed by atoms with E-state index in [1.807, 2.05) is 34.9 Å². The summed E-state index contributed by atoms with van der Waals surface area (Å²) in [4.78, 5) is 15.2. The van der Waals surface area contributed by atoms with Crippen LogP contribution in [0, 0.1) is 0 Å². The molecule has 0 saturated heterocycles. The van der Waals surface area contributed by atoms with Gasteiger partial charge in [0.05, 0.1) is 12.2 Å². The highest BCUT2D eigenvalue weighted by atomic mass is 32.2. The molecule has 0 aromatic heterocycles. The molecule has 0 unspecified atom stereocenters. The van der Waals surface area contributed by atoms with Gasteiger partial charge in [0.2, 0.25) is 5.91 Å². The van der Waals surface area contributed by atoms with Gasteiger partial charge in [-0.15, -0.1) is 11.8 Å². The summed E-state index contributed by atoms with van der Waals surface area (Å²) in [6, 6.07) is 8.12. The number of hydrogen-bond donors (Lipinski definition) is 1. The lowest BCUT2D eigenvalue weighted by Crippen LogP contribution is -2.41. The van der Waals surface area contributed by atoms with Gasteiger partial charge in [-0.2, -0.15) is 0 Å². The Morgan fingerprint density at radius 2 is 2.29 bits per heavy atom. The van der Waals surface area contributed by atoms with Crippen LogP contribution in [-0.2, 0) is 4.79 Å². The van der Waals surface area contributed by atoms with Crippen LogP contribution in [0.15, 0.2) is 29.2 Å². The van der Waals surface area contributed by atoms with Crippen LogP contribution >= 0.6 is 11.8 Å². The summed E-state index contributed by atoms with van der Waals surface area (Å²) < 4.78 is 0. The summed E-state index contributed by atoms with van der Waals surface area (Å²) in [6.45, 7) is 4.25. The summed E-state index contributed by atoms with van der Waals surface area (Å²) in [5, 5.41) is 3.16. The van der Waals surface area contributed by atoms with Gasteiger partial charge in [0.15, 0.2) is 0 Å². The highest BCUT2D eigenvalue weighted by Crippen LogP contribution is 2.34. The summed E-state index contributed by atoms with van der Waals surface area (Å²) in [7, 11) is 0. The standard InChI is InChI=1S/C13H18N2OS/c1-2-7-14-10-13(16)15-8-9-17-12-6-4-3-5-11(12)15/h3-6,14H,2,7-10H2,1H3. The van der Waals surface area contributed by atoms with E-state index in [4.69, 9.17) is 0 Å². The molecule has 0 bridgehead atoms. The number of amides is 1. The van der Waals surface area contributed by atoms with Crippen LogP contribution in [0.5, 0.6) is 0 Å². The lowest BCUT2D eigenvalue weighted by molar-refractivity contribution is -0.117. The first-order chi connectivity index (χ1) is 8.33. The minimum atomic E-state index is 0.172. The molecule has 0 radical (unpaired) electrons. The third-order valence-electron chi connectivity index (χ3n) is 2.73. The van der Waals surface area contributed by atoms with Crippen molar-refractivity contribution >= 4 is 23.4 Å². The first-order valence-corrected chi connectivity index (χ1v) is 7.04. The maximum Gasteiger partial charge on any atom is 0.240 e. The SMILES string of the molecule is CCCNCC(=O)N1CCSc2ccccc21. The Balaban J connectivity index is 2.05. The van der Waals surface area contributed by atoms with E-state index >= 15 is 0 Å². The number of anilines is 1. The van der Waals surface area contributed by atoms with Crippen LogP contribution in [0.1, 0.15) is 13.3 Å². The topological polar surface area (TPSA) is 32.3 Å². The molecule has 3 nitrogen and oxygen atoms in total. The molecule has 1 heterocycles. The first kappa shape index (κ1) is 12.5. The van der Waals surface area contributed by atoms with Gasteiger partial charge in [-0.05, 0) is 25.1 Å². The van der Waals surface area contributed by atoms with E-state index in [-0.39, 0.29) is 5.91 Å². The second-order valence-electron chi connectivity index (χ2n) is 4.04. The van der Waals surface area contributed by atoms with Crippen molar-refractivity contribution in [3.05, 3.63) is 24.3 Å². The van der Waals surface area contributed by atoms with Crippen molar-refractivity contribution in [1.82, 2.24) is 5.32 Å². The van der Waals surface area contributed by atoms with Crippen LogP contribution in [0.4, 0.5) is 5.69 Å². The average Bonchev–Trinajstić information content (AvgIpc) is 2.38. The Hall–Kier alpha value is -1.00. The van der Waals surface area contributed by atoms with Gasteiger partial charge in [-0.25, -0.2) is 0 Å². The maximum absolute atomic E-state index is 12.1. The Kier molecular flexibility index (Phi) is 4.45. The second kappa shape index (κ2) is 6.07. The highest BCUT2D eigenvalue weighted by molar-refractivity contribution is 7.99. The van der Waals surface area contributed by atoms with E-state index in [1.54, 1.807) is 0 Å². The van der Waals surface area contributed by atoms with E-state index < -0.39 is 0 Å². The minimum Gasteiger partial charge on any atom is -0.309 e. The summed E-state index contributed by atoms with van der Waals surface area (Å²) in [5.74, 6) is 1.16. The van der Waals surface area contributed by atoms with Gasteiger partial charge >= 0.3 is 0 Å². The molecule has 0 saturated carbocycles. The van der Waals surface area contributed by atoms with Crippen LogP contribution in [-0.4, -0.2) is 31.3 Å². The number of rotatable bonds is 4. The smallest absolute Gasteiger partial charge is 0.240 e. The van der Waals surface area contributed by atoms with Gasteiger partial charge in [0.25, 0.3) is 0 Å². The molecule has 0 atom stereocenters. The molecule has 0 spiro atoms. The van der Waals surface area contributed by atoms with Gasteiger partial charge in [-0.1, -0.05) is 19.1 Å². The molecule has 92 valence electrons. The number of hydrogen-bond acceptors (Lipinski definition) is 3. The Morgan fingerprint density at radius 3 is 3.12 bits per heavy atom. The minimum absolute atomic E-state index is 0.172. The number of fused-ring (bicyclic) bond motifs is 1. The molecule has 17 heavy (non-hydrogen) atoms. The van der Waals surface area contributed by atoms with Gasteiger partial charge < -0.3 is 10.2 Å². The lowest BCUT2D eigenvalue weighted by atomic mass is 10.2. The Morgan fingerprint density at radius 1 is 1.47 bits per heavy atom. The molecule has 4 heteroatoms. The van der Waals surface area contributed by atoms with E-state index in [9.17, 15) is 4.79 Å². The average molecular weight is 250 g/mol. The number of nitrogens with one attached hydrogen (secondary N) is 1. The molecule has 1 aliphatic rings. The van der Waals surface area contributed by atoms with Gasteiger partial charge in [0, 0.05) is 17.2 Å². The van der Waals surface area contributed by atoms with Crippen molar-refractivity contribution in [2.45, 2.75) is 18.2 Å². The lowest BCUT2D eigenvalue weighted by Gasteiger charge is -2.29. The van der Waals surface area contributed by atoms with Crippen molar-refractivity contribution in [1.29, 1.82) is 0 Å². The van der Waals surface area contributed by atoms with Crippen molar-refractivity contribution in [3.63, 3.8) is 0 Å². The van der Waals surface area contributed by atoms with Crippen LogP contribution < -0.4 is 10.2 Å². The van der Waals surface area contributed by atoms with Gasteiger partial charge in [0.1, 0.15) is 0 Å². The fraction of sp³-hybridized carbons (Fsp3) is 0.462. The number of carbonyl (C=O) groups is 1. The summed E-state index contributed by atoms with van der Waals surface area (Å²) in [5.41, 5.74) is 1.06. The zero-order chi connectivity index (χ0) is 12.1. The second-order valence-corrected chi connectivity index (χ2v) is 5.18. The molecule has 1 aliphatic heterocycles. The monoisotopic (exact) mass is 250 g/mol. The highest BCUT2D eigenvalue weighted by Gasteiger charge is 2.21. The van der Waals surface area contributed by atoms with Crippen molar-refractivity contribution in [2.24, 2.45) is 0 Å². The molecule has 1 aromatic carbocycles. The van der Waals surface area contributed by atoms with Crippen molar-refractivity contribution in [3.8, 4) is 0 Å². The maximum atomic E-state index is 12.1. The first-order valence-electron chi connectivity index (χ1n) is 6.06. The third-order valence-corrected chi connectivity index (χ3v) is 3.78. The van der Waals surface area contributed by atoms with E-state index in [1.165, 1.54) is 4.90 Å². The zero-order valence-corrected chi connectivity index (χ0v) is 10.9. The van der Waals surface area contributed by atoms with Gasteiger partial charge in [-0.3, -0.25) is 4.79 Å². The number of nitrogens with zero attached hydrogens (tertiary/aromatic N) is 1. The fourth-order valence-electron chi connectivity index (χ4n) is 1.90. The van der Waals surface area contributed by atoms with E-state index in [0.717, 1.165) is 31.0 Å². The Labute approximate surface area is 107 Å². The number of para-hydroxylation sites is 1. The normalized spacial score (nSPS) is 14.5. The molecule has 1 N–H and O–H groups in total. The molecule has 1 aromatic rings. The third kappa shape index (κ3) is 3.01. The van der Waals surface area contributed by atoms with Crippen LogP contribution in [0.3, 0.4) is 0 Å². The fourth-order valence-corrected chi connectivity index (χ4v) is 2.89. The predicted molar refractivity (Wildman–Crippen MR) is 72.7 cm³/mol. The van der Waals surface area contributed by atoms with E-state index in [0.29, 0.717) is 6.54 Å². The predicted octanol–water partition coefficient (Wildman–Crippen LogP) is 2.12.